The van der Waals surface area contributed by atoms with Crippen LogP contribution in [-0.4, -0.2) is 5.78 Å². The van der Waals surface area contributed by atoms with Crippen LogP contribution < -0.4 is 0 Å². The summed E-state index contributed by atoms with van der Waals surface area (Å²) in [7, 11) is 0. The number of carbonyl (C=O) groups excluding carboxylic acids is 1. The summed E-state index contributed by atoms with van der Waals surface area (Å²) in [5.41, 5.74) is 3.25. The number of unbranched alkanes of at least 4 members (excludes halogenated alkanes) is 1. The van der Waals surface area contributed by atoms with Crippen LogP contribution in [0.15, 0.2) is 18.2 Å². The summed E-state index contributed by atoms with van der Waals surface area (Å²) in [4.78, 5) is 12.3. The minimum Gasteiger partial charge on any atom is -0.294 e. The maximum Gasteiger partial charge on any atom is 0.163 e. The Labute approximate surface area is 112 Å². The molecule has 18 heavy (non-hydrogen) atoms. The van der Waals surface area contributed by atoms with E-state index in [0.717, 1.165) is 17.5 Å². The van der Waals surface area contributed by atoms with Crippen LogP contribution in [0.1, 0.15) is 67.4 Å². The minimum atomic E-state index is 0.315. The Morgan fingerprint density at radius 3 is 2.50 bits per heavy atom. The maximum absolute atomic E-state index is 12.3. The summed E-state index contributed by atoms with van der Waals surface area (Å²) in [5, 5.41) is 0. The summed E-state index contributed by atoms with van der Waals surface area (Å²) >= 11 is 0. The van der Waals surface area contributed by atoms with Gasteiger partial charge >= 0.3 is 0 Å². The highest BCUT2D eigenvalue weighted by Gasteiger charge is 2.15. The molecule has 1 nitrogen and oxygen atoms in total. The number of carbonyl (C=O) groups is 1. The van der Waals surface area contributed by atoms with Crippen molar-refractivity contribution in [1.82, 2.24) is 0 Å². The van der Waals surface area contributed by atoms with E-state index in [0.29, 0.717) is 18.1 Å². The zero-order valence-electron chi connectivity index (χ0n) is 12.3. The zero-order chi connectivity index (χ0) is 13.5. The van der Waals surface area contributed by atoms with E-state index in [-0.39, 0.29) is 0 Å². The fourth-order valence-electron chi connectivity index (χ4n) is 2.44. The Bertz CT molecular complexity index is 393. The lowest BCUT2D eigenvalue weighted by Crippen LogP contribution is -2.09. The molecule has 0 spiro atoms. The Hall–Kier alpha value is -1.11. The van der Waals surface area contributed by atoms with Gasteiger partial charge in [-0.2, -0.15) is 0 Å². The Morgan fingerprint density at radius 1 is 1.22 bits per heavy atom. The van der Waals surface area contributed by atoms with Gasteiger partial charge in [0.2, 0.25) is 0 Å². The second-order valence-corrected chi connectivity index (χ2v) is 5.36. The molecule has 0 aliphatic carbocycles. The van der Waals surface area contributed by atoms with E-state index in [1.807, 2.05) is 19.1 Å². The lowest BCUT2D eigenvalue weighted by Gasteiger charge is -2.14. The van der Waals surface area contributed by atoms with Crippen LogP contribution in [0.3, 0.4) is 0 Å². The maximum atomic E-state index is 12.3. The van der Waals surface area contributed by atoms with E-state index >= 15 is 0 Å². The summed E-state index contributed by atoms with van der Waals surface area (Å²) < 4.78 is 0. The van der Waals surface area contributed by atoms with Crippen LogP contribution in [0.25, 0.3) is 0 Å². The lowest BCUT2D eigenvalue weighted by molar-refractivity contribution is 0.0956. The van der Waals surface area contributed by atoms with E-state index in [1.54, 1.807) is 0 Å². The second-order valence-electron chi connectivity index (χ2n) is 5.36. The average Bonchev–Trinajstić information content (AvgIpc) is 2.34. The van der Waals surface area contributed by atoms with Crippen molar-refractivity contribution in [1.29, 1.82) is 0 Å². The third kappa shape index (κ3) is 4.29. The van der Waals surface area contributed by atoms with Crippen molar-refractivity contribution >= 4 is 5.78 Å². The van der Waals surface area contributed by atoms with Crippen molar-refractivity contribution in [3.63, 3.8) is 0 Å². The zero-order valence-corrected chi connectivity index (χ0v) is 12.3. The normalized spacial score (nSPS) is 12.4. The molecular weight excluding hydrogens is 220 g/mol. The van der Waals surface area contributed by atoms with Gasteiger partial charge in [0, 0.05) is 12.0 Å². The summed E-state index contributed by atoms with van der Waals surface area (Å²) in [6.45, 7) is 8.50. The predicted molar refractivity (Wildman–Crippen MR) is 78.2 cm³/mol. The molecule has 0 bridgehead atoms. The van der Waals surface area contributed by atoms with Gasteiger partial charge in [-0.3, -0.25) is 4.79 Å². The fourth-order valence-corrected chi connectivity index (χ4v) is 2.44. The van der Waals surface area contributed by atoms with Crippen LogP contribution >= 0.6 is 0 Å². The van der Waals surface area contributed by atoms with Crippen LogP contribution in [-0.2, 0) is 0 Å². The molecule has 1 aromatic carbocycles. The first kappa shape index (κ1) is 14.9. The van der Waals surface area contributed by atoms with E-state index in [9.17, 15) is 4.79 Å². The van der Waals surface area contributed by atoms with Gasteiger partial charge in [-0.05, 0) is 25.3 Å². The molecule has 0 saturated carbocycles. The SMILES string of the molecule is CCCCC(CC)CC(=O)c1ccc(C)cc1C. The number of ketones is 1. The third-order valence-electron chi connectivity index (χ3n) is 3.70. The molecular formula is C17H26O. The highest BCUT2D eigenvalue weighted by Crippen LogP contribution is 2.21. The Kier molecular flexibility index (Phi) is 6.11. The molecule has 0 radical (unpaired) electrons. The van der Waals surface area contributed by atoms with Crippen LogP contribution in [0.2, 0.25) is 0 Å². The molecule has 1 unspecified atom stereocenters. The number of hydrogen-bond acceptors (Lipinski definition) is 1. The Morgan fingerprint density at radius 2 is 1.94 bits per heavy atom. The standard InChI is InChI=1S/C17H26O/c1-5-7-8-15(6-2)12-17(18)16-10-9-13(3)11-14(16)4/h9-11,15H,5-8,12H2,1-4H3. The Balaban J connectivity index is 2.68. The lowest BCUT2D eigenvalue weighted by atomic mass is 9.90. The smallest absolute Gasteiger partial charge is 0.163 e. The van der Waals surface area contributed by atoms with Crippen molar-refractivity contribution in [3.8, 4) is 0 Å². The van der Waals surface area contributed by atoms with Gasteiger partial charge in [0.25, 0.3) is 0 Å². The summed E-state index contributed by atoms with van der Waals surface area (Å²) in [5.74, 6) is 0.869. The highest BCUT2D eigenvalue weighted by molar-refractivity contribution is 5.97. The average molecular weight is 246 g/mol. The molecule has 100 valence electrons. The van der Waals surface area contributed by atoms with E-state index < -0.39 is 0 Å². The van der Waals surface area contributed by atoms with Crippen LogP contribution in [0.5, 0.6) is 0 Å². The van der Waals surface area contributed by atoms with Crippen molar-refractivity contribution in [2.24, 2.45) is 5.92 Å². The van der Waals surface area contributed by atoms with Gasteiger partial charge in [0.15, 0.2) is 5.78 Å². The fraction of sp³-hybridized carbons (Fsp3) is 0.588. The van der Waals surface area contributed by atoms with Crippen LogP contribution in [0, 0.1) is 19.8 Å². The van der Waals surface area contributed by atoms with Crippen molar-refractivity contribution in [2.45, 2.75) is 59.8 Å². The molecule has 1 heteroatoms. The molecule has 0 N–H and O–H groups in total. The predicted octanol–water partition coefficient (Wildman–Crippen LogP) is 5.09. The number of rotatable bonds is 7. The van der Waals surface area contributed by atoms with E-state index in [1.165, 1.54) is 24.8 Å². The monoisotopic (exact) mass is 246 g/mol. The summed E-state index contributed by atoms with van der Waals surface area (Å²) in [6, 6.07) is 6.12. The largest absolute Gasteiger partial charge is 0.294 e. The quantitative estimate of drug-likeness (QED) is 0.612. The van der Waals surface area contributed by atoms with Crippen molar-refractivity contribution in [2.75, 3.05) is 0 Å². The third-order valence-corrected chi connectivity index (χ3v) is 3.70. The second kappa shape index (κ2) is 7.35. The van der Waals surface area contributed by atoms with Crippen LogP contribution in [0.4, 0.5) is 0 Å². The highest BCUT2D eigenvalue weighted by atomic mass is 16.1. The number of benzene rings is 1. The first-order chi connectivity index (χ1) is 8.58. The first-order valence-electron chi connectivity index (χ1n) is 7.18. The molecule has 0 aliphatic rings. The molecule has 0 saturated heterocycles. The molecule has 0 amide bonds. The number of Topliss-reactive ketones (excluding diaryl/α,β-unsaturated/α-hetero) is 1. The molecule has 0 aliphatic heterocycles. The van der Waals surface area contributed by atoms with Gasteiger partial charge in [-0.15, -0.1) is 0 Å². The minimum absolute atomic E-state index is 0.315. The number of hydrogen-bond donors (Lipinski definition) is 0. The topological polar surface area (TPSA) is 17.1 Å². The summed E-state index contributed by atoms with van der Waals surface area (Å²) in [6.07, 6.45) is 5.45. The van der Waals surface area contributed by atoms with E-state index in [4.69, 9.17) is 0 Å². The molecule has 1 atom stereocenters. The van der Waals surface area contributed by atoms with Gasteiger partial charge < -0.3 is 0 Å². The molecule has 0 aromatic heterocycles. The number of aryl methyl sites for hydroxylation is 2. The van der Waals surface area contributed by atoms with Crippen molar-refractivity contribution < 1.29 is 4.79 Å². The molecule has 0 fully saturated rings. The van der Waals surface area contributed by atoms with Crippen molar-refractivity contribution in [3.05, 3.63) is 34.9 Å². The van der Waals surface area contributed by atoms with E-state index in [2.05, 4.69) is 26.8 Å². The van der Waals surface area contributed by atoms with Gasteiger partial charge in [0.1, 0.15) is 0 Å². The van der Waals surface area contributed by atoms with Gasteiger partial charge in [0.05, 0.1) is 0 Å². The van der Waals surface area contributed by atoms with Gasteiger partial charge in [-0.1, -0.05) is 63.3 Å². The molecule has 0 heterocycles. The molecule has 1 aromatic rings. The first-order valence-corrected chi connectivity index (χ1v) is 7.18. The van der Waals surface area contributed by atoms with Gasteiger partial charge in [-0.25, -0.2) is 0 Å². The molecule has 1 rings (SSSR count).